The van der Waals surface area contributed by atoms with Crippen molar-refractivity contribution in [3.8, 4) is 5.75 Å². The quantitative estimate of drug-likeness (QED) is 0.835. The number of aliphatic carboxylic acids is 1. The van der Waals surface area contributed by atoms with E-state index in [1.165, 1.54) is 0 Å². The highest BCUT2D eigenvalue weighted by Gasteiger charge is 2.17. The number of ether oxygens (including phenoxy) is 2. The Morgan fingerprint density at radius 1 is 1.50 bits per heavy atom. The van der Waals surface area contributed by atoms with Gasteiger partial charge in [-0.15, -0.1) is 0 Å². The molecule has 2 N–H and O–H groups in total. The van der Waals surface area contributed by atoms with Crippen LogP contribution in [0.5, 0.6) is 5.75 Å². The molecule has 0 fully saturated rings. The first-order chi connectivity index (χ1) is 9.54. The van der Waals surface area contributed by atoms with Gasteiger partial charge in [0.25, 0.3) is 0 Å². The van der Waals surface area contributed by atoms with Gasteiger partial charge in [-0.1, -0.05) is 12.1 Å². The summed E-state index contributed by atoms with van der Waals surface area (Å²) in [6, 6.07) is 7.17. The summed E-state index contributed by atoms with van der Waals surface area (Å²) in [6.07, 6.45) is 0.761. The minimum Gasteiger partial charge on any atom is -0.493 e. The molecule has 5 heteroatoms. The molecule has 1 unspecified atom stereocenters. The topological polar surface area (TPSA) is 67.8 Å². The standard InChI is InChI=1S/C15H19NO4/c1-10-14(16-11(2)20-10)6-7-19-13-5-3-4-12(8-13)9-15(17)18/h3-5,8,11,16H,6-7,9H2,1-2H3,(H,17,18). The highest BCUT2D eigenvalue weighted by Crippen LogP contribution is 2.19. The van der Waals surface area contributed by atoms with Gasteiger partial charge in [-0.2, -0.15) is 0 Å². The lowest BCUT2D eigenvalue weighted by Gasteiger charge is -2.09. The van der Waals surface area contributed by atoms with Gasteiger partial charge in [0, 0.05) is 6.42 Å². The van der Waals surface area contributed by atoms with E-state index in [2.05, 4.69) is 5.32 Å². The Labute approximate surface area is 118 Å². The Balaban J connectivity index is 1.85. The molecule has 0 radical (unpaired) electrons. The highest BCUT2D eigenvalue weighted by atomic mass is 16.5. The summed E-state index contributed by atoms with van der Waals surface area (Å²) < 4.78 is 11.1. The molecule has 0 spiro atoms. The molecule has 2 rings (SSSR count). The Bertz CT molecular complexity index is 524. The van der Waals surface area contributed by atoms with Crippen LogP contribution in [0.15, 0.2) is 35.7 Å². The smallest absolute Gasteiger partial charge is 0.307 e. The average Bonchev–Trinajstić information content (AvgIpc) is 2.67. The second-order valence-electron chi connectivity index (χ2n) is 4.76. The van der Waals surface area contributed by atoms with Crippen LogP contribution in [0, 0.1) is 0 Å². The van der Waals surface area contributed by atoms with Crippen molar-refractivity contribution in [3.63, 3.8) is 0 Å². The molecular weight excluding hydrogens is 258 g/mol. The molecule has 5 nitrogen and oxygen atoms in total. The summed E-state index contributed by atoms with van der Waals surface area (Å²) in [6.45, 7) is 4.40. The van der Waals surface area contributed by atoms with Gasteiger partial charge in [0.15, 0.2) is 6.23 Å². The van der Waals surface area contributed by atoms with Crippen molar-refractivity contribution in [3.05, 3.63) is 41.3 Å². The molecule has 1 atom stereocenters. The van der Waals surface area contributed by atoms with Crippen molar-refractivity contribution in [2.24, 2.45) is 0 Å². The van der Waals surface area contributed by atoms with Gasteiger partial charge in [-0.05, 0) is 31.5 Å². The first-order valence-corrected chi connectivity index (χ1v) is 6.61. The van der Waals surface area contributed by atoms with Crippen molar-refractivity contribution in [1.29, 1.82) is 0 Å². The van der Waals surface area contributed by atoms with Crippen molar-refractivity contribution >= 4 is 5.97 Å². The van der Waals surface area contributed by atoms with Crippen molar-refractivity contribution in [2.45, 2.75) is 32.9 Å². The number of carboxylic acid groups (broad SMARTS) is 1. The van der Waals surface area contributed by atoms with Gasteiger partial charge < -0.3 is 19.9 Å². The fourth-order valence-corrected chi connectivity index (χ4v) is 2.15. The maximum Gasteiger partial charge on any atom is 0.307 e. The second-order valence-corrected chi connectivity index (χ2v) is 4.76. The molecule has 20 heavy (non-hydrogen) atoms. The van der Waals surface area contributed by atoms with Crippen LogP contribution in [0.25, 0.3) is 0 Å². The van der Waals surface area contributed by atoms with E-state index in [1.54, 1.807) is 18.2 Å². The maximum absolute atomic E-state index is 10.7. The van der Waals surface area contributed by atoms with E-state index in [9.17, 15) is 4.79 Å². The number of benzene rings is 1. The number of carbonyl (C=O) groups is 1. The van der Waals surface area contributed by atoms with Crippen LogP contribution in [0.3, 0.4) is 0 Å². The minimum atomic E-state index is -0.843. The number of hydrogen-bond acceptors (Lipinski definition) is 4. The molecule has 1 aromatic carbocycles. The second kappa shape index (κ2) is 6.32. The molecule has 1 aromatic rings. The largest absolute Gasteiger partial charge is 0.493 e. The zero-order valence-corrected chi connectivity index (χ0v) is 11.7. The molecule has 0 aromatic heterocycles. The van der Waals surface area contributed by atoms with Gasteiger partial charge >= 0.3 is 5.97 Å². The van der Waals surface area contributed by atoms with Crippen LogP contribution in [-0.2, 0) is 16.0 Å². The Morgan fingerprint density at radius 2 is 2.30 bits per heavy atom. The lowest BCUT2D eigenvalue weighted by atomic mass is 10.1. The summed E-state index contributed by atoms with van der Waals surface area (Å²) in [5, 5.41) is 12.0. The predicted molar refractivity (Wildman–Crippen MR) is 74.3 cm³/mol. The fourth-order valence-electron chi connectivity index (χ4n) is 2.15. The maximum atomic E-state index is 10.7. The molecule has 0 saturated carbocycles. The molecule has 1 aliphatic heterocycles. The number of carboxylic acids is 1. The number of nitrogens with one attached hydrogen (secondary N) is 1. The lowest BCUT2D eigenvalue weighted by molar-refractivity contribution is -0.136. The van der Waals surface area contributed by atoms with E-state index >= 15 is 0 Å². The van der Waals surface area contributed by atoms with Crippen LogP contribution < -0.4 is 10.1 Å². The monoisotopic (exact) mass is 277 g/mol. The number of allylic oxidation sites excluding steroid dienone is 1. The molecule has 1 heterocycles. The first kappa shape index (κ1) is 14.2. The highest BCUT2D eigenvalue weighted by molar-refractivity contribution is 5.70. The van der Waals surface area contributed by atoms with Crippen LogP contribution in [0.2, 0.25) is 0 Å². The summed E-state index contributed by atoms with van der Waals surface area (Å²) >= 11 is 0. The third-order valence-corrected chi connectivity index (χ3v) is 3.03. The SMILES string of the molecule is CC1=C(CCOc2cccc(CC(=O)O)c2)NC(C)O1. The van der Waals surface area contributed by atoms with Crippen LogP contribution in [0.1, 0.15) is 25.8 Å². The Hall–Kier alpha value is -2.17. The Kier molecular flexibility index (Phi) is 4.50. The predicted octanol–water partition coefficient (Wildman–Crippen LogP) is 2.28. The van der Waals surface area contributed by atoms with E-state index in [-0.39, 0.29) is 12.6 Å². The van der Waals surface area contributed by atoms with Crippen LogP contribution in [-0.4, -0.2) is 23.9 Å². The van der Waals surface area contributed by atoms with Crippen molar-refractivity contribution < 1.29 is 19.4 Å². The fraction of sp³-hybridized carbons (Fsp3) is 0.400. The molecule has 0 bridgehead atoms. The zero-order valence-electron chi connectivity index (χ0n) is 11.7. The van der Waals surface area contributed by atoms with Crippen LogP contribution in [0.4, 0.5) is 0 Å². The molecule has 0 aliphatic carbocycles. The molecular formula is C15H19NO4. The van der Waals surface area contributed by atoms with E-state index < -0.39 is 5.97 Å². The van der Waals surface area contributed by atoms with Gasteiger partial charge in [-0.3, -0.25) is 4.79 Å². The van der Waals surface area contributed by atoms with Crippen molar-refractivity contribution in [2.75, 3.05) is 6.61 Å². The average molecular weight is 277 g/mol. The summed E-state index contributed by atoms with van der Waals surface area (Å²) in [7, 11) is 0. The molecule has 1 aliphatic rings. The van der Waals surface area contributed by atoms with E-state index in [0.29, 0.717) is 12.4 Å². The van der Waals surface area contributed by atoms with Gasteiger partial charge in [0.05, 0.1) is 18.7 Å². The Morgan fingerprint density at radius 3 is 2.95 bits per heavy atom. The summed E-state index contributed by atoms with van der Waals surface area (Å²) in [4.78, 5) is 10.7. The van der Waals surface area contributed by atoms with Gasteiger partial charge in [-0.25, -0.2) is 0 Å². The number of rotatable bonds is 6. The van der Waals surface area contributed by atoms with E-state index in [4.69, 9.17) is 14.6 Å². The van der Waals surface area contributed by atoms with Gasteiger partial charge in [0.1, 0.15) is 11.5 Å². The lowest BCUT2D eigenvalue weighted by Crippen LogP contribution is -2.20. The summed E-state index contributed by atoms with van der Waals surface area (Å²) in [5.74, 6) is 0.749. The molecule has 108 valence electrons. The summed E-state index contributed by atoms with van der Waals surface area (Å²) in [5.41, 5.74) is 1.79. The van der Waals surface area contributed by atoms with Crippen molar-refractivity contribution in [1.82, 2.24) is 5.32 Å². The third-order valence-electron chi connectivity index (χ3n) is 3.03. The molecule has 0 amide bonds. The molecule has 0 saturated heterocycles. The third kappa shape index (κ3) is 3.91. The van der Waals surface area contributed by atoms with Gasteiger partial charge in [0.2, 0.25) is 0 Å². The number of hydrogen-bond donors (Lipinski definition) is 2. The first-order valence-electron chi connectivity index (χ1n) is 6.61. The normalized spacial score (nSPS) is 17.6. The minimum absolute atomic E-state index is 0.00830. The van der Waals surface area contributed by atoms with Crippen LogP contribution >= 0.6 is 0 Å². The van der Waals surface area contributed by atoms with E-state index in [0.717, 1.165) is 23.4 Å². The van der Waals surface area contributed by atoms with E-state index in [1.807, 2.05) is 19.9 Å². The zero-order chi connectivity index (χ0) is 14.5.